The Morgan fingerprint density at radius 3 is 2.33 bits per heavy atom. The molecular formula is C16H19Cl3N2O3. The summed E-state index contributed by atoms with van der Waals surface area (Å²) in [6, 6.07) is 7.23. The van der Waals surface area contributed by atoms with Crippen molar-refractivity contribution >= 4 is 46.6 Å². The van der Waals surface area contributed by atoms with E-state index in [1.807, 2.05) is 12.1 Å². The van der Waals surface area contributed by atoms with Crippen LogP contribution in [0, 0.1) is 0 Å². The molecule has 132 valence electrons. The summed E-state index contributed by atoms with van der Waals surface area (Å²) in [6.45, 7) is 2.33. The van der Waals surface area contributed by atoms with Gasteiger partial charge in [-0.25, -0.2) is 0 Å². The molecule has 1 saturated heterocycles. The molecule has 5 nitrogen and oxygen atoms in total. The van der Waals surface area contributed by atoms with E-state index in [4.69, 9.17) is 39.5 Å². The van der Waals surface area contributed by atoms with Crippen LogP contribution in [0.4, 0.5) is 0 Å². The number of carbonyl (C=O) groups excluding carboxylic acids is 2. The molecule has 1 aromatic carbocycles. The first kappa shape index (κ1) is 19.2. The Labute approximate surface area is 156 Å². The summed E-state index contributed by atoms with van der Waals surface area (Å²) in [7, 11) is 0. The van der Waals surface area contributed by atoms with Crippen molar-refractivity contribution in [2.75, 3.05) is 32.8 Å². The topological polar surface area (TPSA) is 49.9 Å². The molecule has 0 unspecified atom stereocenters. The number of ether oxygens (including phenoxy) is 1. The highest BCUT2D eigenvalue weighted by atomic mass is 35.5. The molecule has 0 saturated carbocycles. The quantitative estimate of drug-likeness (QED) is 0.551. The summed E-state index contributed by atoms with van der Waals surface area (Å²) in [5.41, 5.74) is 0. The highest BCUT2D eigenvalue weighted by Gasteiger charge is 2.26. The zero-order chi connectivity index (χ0) is 17.5. The van der Waals surface area contributed by atoms with Gasteiger partial charge in [0, 0.05) is 32.6 Å². The normalized spacial score (nSPS) is 14.8. The second-order valence-electron chi connectivity index (χ2n) is 5.39. The third kappa shape index (κ3) is 5.43. The maximum absolute atomic E-state index is 12.2. The van der Waals surface area contributed by atoms with Crippen molar-refractivity contribution in [3.63, 3.8) is 0 Å². The number of alkyl halides is 2. The summed E-state index contributed by atoms with van der Waals surface area (Å²) in [4.78, 5) is 26.1. The van der Waals surface area contributed by atoms with Gasteiger partial charge in [-0.3, -0.25) is 9.59 Å². The summed E-state index contributed by atoms with van der Waals surface area (Å²) >= 11 is 17.2. The Kier molecular flexibility index (Phi) is 7.46. The van der Waals surface area contributed by atoms with Crippen molar-refractivity contribution in [3.8, 4) is 5.75 Å². The third-order valence-corrected chi connectivity index (χ3v) is 4.45. The highest BCUT2D eigenvalue weighted by molar-refractivity contribution is 6.53. The molecule has 8 heteroatoms. The molecule has 1 heterocycles. The molecule has 1 aliphatic heterocycles. The van der Waals surface area contributed by atoms with Crippen LogP contribution >= 0.6 is 34.8 Å². The van der Waals surface area contributed by atoms with Crippen molar-refractivity contribution in [1.29, 1.82) is 0 Å². The smallest absolute Gasteiger partial charge is 0.255 e. The number of nitrogens with zero attached hydrogens (tertiary/aromatic N) is 2. The fourth-order valence-corrected chi connectivity index (χ4v) is 2.91. The largest absolute Gasteiger partial charge is 0.492 e. The predicted octanol–water partition coefficient (Wildman–Crippen LogP) is 2.97. The molecule has 0 N–H and O–H groups in total. The van der Waals surface area contributed by atoms with Crippen LogP contribution in [-0.4, -0.2) is 59.2 Å². The second kappa shape index (κ2) is 9.35. The summed E-state index contributed by atoms with van der Waals surface area (Å²) in [5, 5.41) is 0.557. The van der Waals surface area contributed by atoms with E-state index in [1.165, 1.54) is 0 Å². The minimum atomic E-state index is -1.05. The van der Waals surface area contributed by atoms with Crippen molar-refractivity contribution in [2.24, 2.45) is 0 Å². The first-order valence-electron chi connectivity index (χ1n) is 7.71. The van der Waals surface area contributed by atoms with Crippen molar-refractivity contribution < 1.29 is 14.3 Å². The number of amides is 2. The fourth-order valence-electron chi connectivity index (χ4n) is 2.44. The summed E-state index contributed by atoms with van der Waals surface area (Å²) < 4.78 is 5.56. The van der Waals surface area contributed by atoms with Crippen LogP contribution in [0.25, 0.3) is 0 Å². The number of para-hydroxylation sites is 1. The lowest BCUT2D eigenvalue weighted by Crippen LogP contribution is -2.51. The molecule has 2 amide bonds. The Morgan fingerprint density at radius 2 is 1.71 bits per heavy atom. The SMILES string of the molecule is O=C(CCCOc1ccccc1Cl)N1CCN(C(=O)C(Cl)Cl)CC1. The first-order valence-corrected chi connectivity index (χ1v) is 8.96. The molecule has 0 aliphatic carbocycles. The maximum Gasteiger partial charge on any atom is 0.255 e. The van der Waals surface area contributed by atoms with E-state index in [0.717, 1.165) is 0 Å². The van der Waals surface area contributed by atoms with Crippen LogP contribution in [0.5, 0.6) is 5.75 Å². The van der Waals surface area contributed by atoms with Crippen molar-refractivity contribution in [3.05, 3.63) is 29.3 Å². The van der Waals surface area contributed by atoms with Crippen LogP contribution < -0.4 is 4.74 Å². The molecule has 0 bridgehead atoms. The van der Waals surface area contributed by atoms with E-state index < -0.39 is 4.84 Å². The molecule has 1 aromatic rings. The molecule has 0 aromatic heterocycles. The van der Waals surface area contributed by atoms with Gasteiger partial charge >= 0.3 is 0 Å². The predicted molar refractivity (Wildman–Crippen MR) is 94.8 cm³/mol. The third-order valence-electron chi connectivity index (χ3n) is 3.76. The van der Waals surface area contributed by atoms with Crippen molar-refractivity contribution in [1.82, 2.24) is 9.80 Å². The number of halogens is 3. The standard InChI is InChI=1S/C16H19Cl3N2O3/c17-12-4-1-2-5-13(12)24-11-3-6-14(22)20-7-9-21(10-8-20)16(23)15(18)19/h1-2,4-5,15H,3,6-11H2. The molecule has 1 fully saturated rings. The number of piperazine rings is 1. The van der Waals surface area contributed by atoms with E-state index >= 15 is 0 Å². The van der Waals surface area contributed by atoms with Gasteiger partial charge in [0.25, 0.3) is 5.91 Å². The lowest BCUT2D eigenvalue weighted by Gasteiger charge is -2.35. The molecule has 0 radical (unpaired) electrons. The number of carbonyl (C=O) groups is 2. The molecular weight excluding hydrogens is 375 g/mol. The van der Waals surface area contributed by atoms with E-state index in [2.05, 4.69) is 0 Å². The monoisotopic (exact) mass is 392 g/mol. The second-order valence-corrected chi connectivity index (χ2v) is 6.89. The summed E-state index contributed by atoms with van der Waals surface area (Å²) in [5.74, 6) is 0.368. The zero-order valence-corrected chi connectivity index (χ0v) is 15.4. The Hall–Kier alpha value is -1.17. The Bertz CT molecular complexity index is 575. The van der Waals surface area contributed by atoms with Crippen LogP contribution in [0.2, 0.25) is 5.02 Å². The molecule has 24 heavy (non-hydrogen) atoms. The molecule has 0 atom stereocenters. The van der Waals surface area contributed by atoms with E-state index in [9.17, 15) is 9.59 Å². The average Bonchev–Trinajstić information content (AvgIpc) is 2.59. The number of benzene rings is 1. The van der Waals surface area contributed by atoms with Gasteiger partial charge in [-0.2, -0.15) is 0 Å². The van der Waals surface area contributed by atoms with Gasteiger partial charge in [-0.05, 0) is 18.6 Å². The molecule has 0 spiro atoms. The van der Waals surface area contributed by atoms with Gasteiger partial charge in [-0.1, -0.05) is 46.9 Å². The van der Waals surface area contributed by atoms with Gasteiger partial charge in [0.2, 0.25) is 5.91 Å². The van der Waals surface area contributed by atoms with Gasteiger partial charge in [0.15, 0.2) is 4.84 Å². The highest BCUT2D eigenvalue weighted by Crippen LogP contribution is 2.23. The minimum absolute atomic E-state index is 0.0538. The Balaban J connectivity index is 1.67. The van der Waals surface area contributed by atoms with Crippen molar-refractivity contribution in [2.45, 2.75) is 17.7 Å². The van der Waals surface area contributed by atoms with Crippen LogP contribution in [-0.2, 0) is 9.59 Å². The van der Waals surface area contributed by atoms with E-state index in [-0.39, 0.29) is 11.8 Å². The Morgan fingerprint density at radius 1 is 1.08 bits per heavy atom. The van der Waals surface area contributed by atoms with Crippen LogP contribution in [0.15, 0.2) is 24.3 Å². The lowest BCUT2D eigenvalue weighted by molar-refractivity contribution is -0.138. The lowest BCUT2D eigenvalue weighted by atomic mass is 10.2. The van der Waals surface area contributed by atoms with E-state index in [0.29, 0.717) is 56.4 Å². The fraction of sp³-hybridized carbons (Fsp3) is 0.500. The zero-order valence-electron chi connectivity index (χ0n) is 13.1. The molecule has 2 rings (SSSR count). The summed E-state index contributed by atoms with van der Waals surface area (Å²) in [6.07, 6.45) is 1.00. The van der Waals surface area contributed by atoms with Gasteiger partial charge in [0.05, 0.1) is 11.6 Å². The molecule has 1 aliphatic rings. The number of rotatable bonds is 6. The minimum Gasteiger partial charge on any atom is -0.492 e. The van der Waals surface area contributed by atoms with Gasteiger partial charge < -0.3 is 14.5 Å². The number of hydrogen-bond donors (Lipinski definition) is 0. The number of hydrogen-bond acceptors (Lipinski definition) is 3. The first-order chi connectivity index (χ1) is 11.5. The van der Waals surface area contributed by atoms with E-state index in [1.54, 1.807) is 21.9 Å². The van der Waals surface area contributed by atoms with Gasteiger partial charge in [0.1, 0.15) is 5.75 Å². The van der Waals surface area contributed by atoms with Crippen LogP contribution in [0.1, 0.15) is 12.8 Å². The maximum atomic E-state index is 12.2. The van der Waals surface area contributed by atoms with Gasteiger partial charge in [-0.15, -0.1) is 0 Å². The average molecular weight is 394 g/mol. The van der Waals surface area contributed by atoms with Crippen LogP contribution in [0.3, 0.4) is 0 Å².